The fourth-order valence-corrected chi connectivity index (χ4v) is 8.71. The van der Waals surface area contributed by atoms with Crippen LogP contribution < -0.4 is 4.40 Å². The summed E-state index contributed by atoms with van der Waals surface area (Å²) >= 11 is -1.72. The van der Waals surface area contributed by atoms with Gasteiger partial charge in [-0.05, 0) is 49.2 Å². The molecule has 0 amide bonds. The zero-order valence-corrected chi connectivity index (χ0v) is 34.8. The molecule has 1 radical (unpaired) electrons. The first-order valence-corrected chi connectivity index (χ1v) is 24.9. The van der Waals surface area contributed by atoms with E-state index in [-0.39, 0.29) is 20.1 Å². The molecule has 0 aliphatic carbocycles. The first kappa shape index (κ1) is 36.2. The van der Waals surface area contributed by atoms with Crippen molar-refractivity contribution in [3.05, 3.63) is 163 Å². The van der Waals surface area contributed by atoms with Gasteiger partial charge in [-0.15, -0.1) is 18.2 Å². The van der Waals surface area contributed by atoms with Gasteiger partial charge in [0.2, 0.25) is 5.71 Å². The SMILES string of the molecule is Cc1cc2c(nc1C)oc1c(-c3nc4ccccc4n3-c3ccccc3-c3ccccc3)[c-]ccc12.[CH3][Ge]([CH3])([CH3])[c]1ccc(-c2[c-]cccc2)nc1.[Ir]. The van der Waals surface area contributed by atoms with Crippen LogP contribution in [0.4, 0.5) is 0 Å². The normalized spacial score (nSPS) is 11.3. The second-order valence-electron chi connectivity index (χ2n) is 14.0. The minimum atomic E-state index is -1.72. The number of hydrogen-bond donors (Lipinski definition) is 0. The van der Waals surface area contributed by atoms with Gasteiger partial charge in [0.1, 0.15) is 0 Å². The van der Waals surface area contributed by atoms with Crippen LogP contribution in [0.1, 0.15) is 11.3 Å². The first-order chi connectivity index (χ1) is 25.3. The third kappa shape index (κ3) is 7.15. The van der Waals surface area contributed by atoms with Gasteiger partial charge in [-0.1, -0.05) is 71.6 Å². The third-order valence-electron chi connectivity index (χ3n) is 9.50. The summed E-state index contributed by atoms with van der Waals surface area (Å²) < 4.78 is 10.0. The van der Waals surface area contributed by atoms with Gasteiger partial charge < -0.3 is 8.98 Å². The van der Waals surface area contributed by atoms with Crippen LogP contribution in [-0.2, 0) is 20.1 Å². The van der Waals surface area contributed by atoms with Crippen molar-refractivity contribution in [1.29, 1.82) is 0 Å². The fourth-order valence-electron chi connectivity index (χ4n) is 6.54. The van der Waals surface area contributed by atoms with Crippen molar-refractivity contribution in [2.24, 2.45) is 0 Å². The van der Waals surface area contributed by atoms with E-state index >= 15 is 0 Å². The first-order valence-electron chi connectivity index (χ1n) is 17.5. The number of rotatable bonds is 5. The summed E-state index contributed by atoms with van der Waals surface area (Å²) in [5.41, 5.74) is 11.7. The van der Waals surface area contributed by atoms with E-state index < -0.39 is 13.3 Å². The molecular formula is C46H38GeIrN4O-2. The van der Waals surface area contributed by atoms with E-state index in [4.69, 9.17) is 14.4 Å². The summed E-state index contributed by atoms with van der Waals surface area (Å²) in [6.07, 6.45) is 2.04. The molecule has 4 aromatic heterocycles. The van der Waals surface area contributed by atoms with Crippen molar-refractivity contribution in [2.45, 2.75) is 31.1 Å². The number of imidazole rings is 1. The maximum absolute atomic E-state index is 6.38. The maximum Gasteiger partial charge on any atom is 0 e. The minimum Gasteiger partial charge on any atom is 0 e. The van der Waals surface area contributed by atoms with Gasteiger partial charge in [0.25, 0.3) is 0 Å². The summed E-state index contributed by atoms with van der Waals surface area (Å²) in [5, 5.41) is 2.03. The Morgan fingerprint density at radius 1 is 0.698 bits per heavy atom. The van der Waals surface area contributed by atoms with Gasteiger partial charge in [-0.25, -0.2) is 4.98 Å². The Bertz CT molecular complexity index is 2680. The molecule has 0 spiro atoms. The Hall–Kier alpha value is -5.14. The molecule has 0 bridgehead atoms. The van der Waals surface area contributed by atoms with Crippen molar-refractivity contribution in [3.8, 4) is 39.5 Å². The van der Waals surface area contributed by atoms with Gasteiger partial charge in [0, 0.05) is 42.4 Å². The van der Waals surface area contributed by atoms with E-state index in [1.54, 1.807) is 0 Å². The Labute approximate surface area is 326 Å². The quantitative estimate of drug-likeness (QED) is 0.127. The molecule has 7 heteroatoms. The number of benzene rings is 5. The fraction of sp³-hybridized carbons (Fsp3) is 0.109. The number of aryl methyl sites for hydroxylation is 2. The second kappa shape index (κ2) is 15.1. The average Bonchev–Trinajstić information content (AvgIpc) is 3.74. The molecule has 0 unspecified atom stereocenters. The van der Waals surface area contributed by atoms with Crippen molar-refractivity contribution in [3.63, 3.8) is 0 Å². The number of pyridine rings is 2. The van der Waals surface area contributed by atoms with Crippen LogP contribution in [0.3, 0.4) is 0 Å². The molecule has 0 aliphatic heterocycles. The molecule has 5 aromatic carbocycles. The number of hydrogen-bond acceptors (Lipinski definition) is 4. The smallest absolute Gasteiger partial charge is 0 e. The van der Waals surface area contributed by atoms with Crippen LogP contribution in [-0.4, -0.2) is 32.8 Å². The minimum absolute atomic E-state index is 0. The number of aromatic nitrogens is 4. The van der Waals surface area contributed by atoms with Gasteiger partial charge in [-0.3, -0.25) is 4.98 Å². The molecule has 5 nitrogen and oxygen atoms in total. The summed E-state index contributed by atoms with van der Waals surface area (Å²) in [7, 11) is 0. The molecular weight excluding hydrogens is 889 g/mol. The van der Waals surface area contributed by atoms with Gasteiger partial charge in [0.15, 0.2) is 0 Å². The molecule has 0 N–H and O–H groups in total. The van der Waals surface area contributed by atoms with Crippen molar-refractivity contribution < 1.29 is 24.5 Å². The van der Waals surface area contributed by atoms with Crippen LogP contribution in [0, 0.1) is 26.0 Å². The summed E-state index contributed by atoms with van der Waals surface area (Å²) in [5.74, 6) is 7.93. The number of fused-ring (bicyclic) bond motifs is 4. The van der Waals surface area contributed by atoms with Crippen molar-refractivity contribution in [1.82, 2.24) is 19.5 Å². The van der Waals surface area contributed by atoms with E-state index in [9.17, 15) is 0 Å². The standard InChI is InChI=1S/C32H22N3O.C14H16GeN.Ir/c1-20-19-26-24-14-10-15-25(30(24)36-32(26)33-21(20)2)31-34-27-16-7-9-18-29(27)35(31)28-17-8-6-13-23(28)22-11-4-3-5-12-22;1-15(2,3)13-9-10-14(16-11-13)12-7-5-4-6-8-12;/h3-14,16-19H,1-2H3;4-7,9-11H,1-3H3;/q2*-1;. The summed E-state index contributed by atoms with van der Waals surface area (Å²) in [6.45, 7) is 4.09. The molecule has 0 atom stereocenters. The predicted molar refractivity (Wildman–Crippen MR) is 217 cm³/mol. The summed E-state index contributed by atoms with van der Waals surface area (Å²) in [4.78, 5) is 14.3. The van der Waals surface area contributed by atoms with E-state index in [0.717, 1.165) is 78.1 Å². The molecule has 0 saturated heterocycles. The summed E-state index contributed by atoms with van der Waals surface area (Å²) in [6, 6.07) is 52.2. The topological polar surface area (TPSA) is 56.7 Å². The number of nitrogens with zero attached hydrogens (tertiary/aromatic N) is 4. The molecule has 9 rings (SSSR count). The Balaban J connectivity index is 0.000000216. The Morgan fingerprint density at radius 2 is 1.45 bits per heavy atom. The molecule has 0 fully saturated rings. The van der Waals surface area contributed by atoms with E-state index in [1.807, 2.05) is 67.7 Å². The molecule has 263 valence electrons. The molecule has 4 heterocycles. The molecule has 53 heavy (non-hydrogen) atoms. The Morgan fingerprint density at radius 3 is 2.21 bits per heavy atom. The molecule has 0 aliphatic rings. The van der Waals surface area contributed by atoms with Crippen LogP contribution in [0.15, 0.2) is 144 Å². The molecule has 0 saturated carbocycles. The third-order valence-corrected chi connectivity index (χ3v) is 13.8. The van der Waals surface area contributed by atoms with Crippen LogP contribution in [0.2, 0.25) is 17.3 Å². The van der Waals surface area contributed by atoms with E-state index in [1.165, 1.54) is 4.40 Å². The van der Waals surface area contributed by atoms with Crippen LogP contribution in [0.5, 0.6) is 0 Å². The van der Waals surface area contributed by atoms with Crippen LogP contribution in [0.25, 0.3) is 72.6 Å². The monoisotopic (exact) mass is 929 g/mol. The number of para-hydroxylation sites is 3. The second-order valence-corrected chi connectivity index (χ2v) is 24.7. The zero-order chi connectivity index (χ0) is 35.8. The van der Waals surface area contributed by atoms with E-state index in [0.29, 0.717) is 5.71 Å². The van der Waals surface area contributed by atoms with Gasteiger partial charge in [0.05, 0.1) is 22.4 Å². The largest absolute Gasteiger partial charge is 0 e. The van der Waals surface area contributed by atoms with E-state index in [2.05, 4.69) is 125 Å². The van der Waals surface area contributed by atoms with Crippen LogP contribution >= 0.6 is 0 Å². The molecule has 9 aromatic rings. The average molecular weight is 928 g/mol. The predicted octanol–water partition coefficient (Wildman–Crippen LogP) is 11.2. The Kier molecular flexibility index (Phi) is 10.3. The van der Waals surface area contributed by atoms with Gasteiger partial charge >= 0.3 is 99.8 Å². The van der Waals surface area contributed by atoms with Crippen molar-refractivity contribution >= 4 is 50.8 Å². The van der Waals surface area contributed by atoms with Gasteiger partial charge in [-0.2, -0.15) is 0 Å². The van der Waals surface area contributed by atoms with Crippen molar-refractivity contribution in [2.75, 3.05) is 0 Å². The maximum atomic E-state index is 6.38. The zero-order valence-electron chi connectivity index (χ0n) is 30.3. The number of furan rings is 1.